The minimum absolute atomic E-state index is 0.0804. The van der Waals surface area contributed by atoms with Crippen LogP contribution in [0.15, 0.2) is 53.4 Å². The fourth-order valence-electron chi connectivity index (χ4n) is 2.17. The topological polar surface area (TPSA) is 141 Å². The summed E-state index contributed by atoms with van der Waals surface area (Å²) in [5.74, 6) is -1.29. The fourth-order valence-corrected chi connectivity index (χ4v) is 3.70. The Morgan fingerprint density at radius 3 is 2.36 bits per heavy atom. The summed E-state index contributed by atoms with van der Waals surface area (Å²) in [6.45, 7) is -0.719. The summed E-state index contributed by atoms with van der Waals surface area (Å²) >= 11 is 0. The second-order valence-electron chi connectivity index (χ2n) is 5.01. The lowest BCUT2D eigenvalue weighted by molar-refractivity contribution is 0.100. The van der Waals surface area contributed by atoms with Crippen molar-refractivity contribution in [1.82, 2.24) is 0 Å². The van der Waals surface area contributed by atoms with Gasteiger partial charge in [0.25, 0.3) is 0 Å². The number of nitrogens with two attached hydrogens (primary N) is 1. The SMILES string of the molecule is NC(=O)c1ccccc1-c1cccc(S(=O)(=O)CCOS(=O)(=O)O)c1. The zero-order chi connectivity index (χ0) is 18.7. The Morgan fingerprint density at radius 1 is 1.04 bits per heavy atom. The van der Waals surface area contributed by atoms with Gasteiger partial charge in [-0.3, -0.25) is 9.35 Å². The first kappa shape index (κ1) is 19.1. The van der Waals surface area contributed by atoms with Crippen molar-refractivity contribution in [2.24, 2.45) is 5.73 Å². The normalized spacial score (nSPS) is 12.0. The summed E-state index contributed by atoms with van der Waals surface area (Å²) in [7, 11) is -8.57. The number of rotatable bonds is 7. The molecule has 0 heterocycles. The Kier molecular flexibility index (Phi) is 5.58. The van der Waals surface area contributed by atoms with Gasteiger partial charge in [0.05, 0.1) is 17.3 Å². The van der Waals surface area contributed by atoms with Crippen LogP contribution >= 0.6 is 0 Å². The Bertz CT molecular complexity index is 998. The van der Waals surface area contributed by atoms with Crippen LogP contribution in [0.3, 0.4) is 0 Å². The highest BCUT2D eigenvalue weighted by Crippen LogP contribution is 2.26. The largest absolute Gasteiger partial charge is 0.397 e. The van der Waals surface area contributed by atoms with Crippen molar-refractivity contribution in [2.45, 2.75) is 4.90 Å². The number of hydrogen-bond acceptors (Lipinski definition) is 6. The van der Waals surface area contributed by atoms with Crippen LogP contribution in [-0.2, 0) is 24.4 Å². The molecule has 0 spiro atoms. The van der Waals surface area contributed by atoms with Crippen molar-refractivity contribution in [2.75, 3.05) is 12.4 Å². The van der Waals surface area contributed by atoms with Crippen LogP contribution in [0.5, 0.6) is 0 Å². The van der Waals surface area contributed by atoms with E-state index in [-0.39, 0.29) is 10.5 Å². The molecule has 0 aliphatic carbocycles. The van der Waals surface area contributed by atoms with E-state index in [1.54, 1.807) is 24.3 Å². The molecule has 0 unspecified atom stereocenters. The number of hydrogen-bond donors (Lipinski definition) is 2. The molecule has 2 aromatic rings. The maximum atomic E-state index is 12.3. The van der Waals surface area contributed by atoms with E-state index < -0.39 is 38.5 Å². The van der Waals surface area contributed by atoms with Crippen molar-refractivity contribution in [1.29, 1.82) is 0 Å². The first-order chi connectivity index (χ1) is 11.6. The third kappa shape index (κ3) is 5.10. The quantitative estimate of drug-likeness (QED) is 0.678. The summed E-state index contributed by atoms with van der Waals surface area (Å²) in [4.78, 5) is 11.4. The molecule has 1 amide bonds. The molecule has 25 heavy (non-hydrogen) atoms. The lowest BCUT2D eigenvalue weighted by Gasteiger charge is -2.09. The van der Waals surface area contributed by atoms with Crippen LogP contribution in [0.1, 0.15) is 10.4 Å². The summed E-state index contributed by atoms with van der Waals surface area (Å²) in [5.41, 5.74) is 6.51. The van der Waals surface area contributed by atoms with E-state index in [1.807, 2.05) is 0 Å². The number of sulfone groups is 1. The van der Waals surface area contributed by atoms with Gasteiger partial charge in [0.2, 0.25) is 5.91 Å². The van der Waals surface area contributed by atoms with E-state index >= 15 is 0 Å². The average molecular weight is 385 g/mol. The molecule has 0 fully saturated rings. The zero-order valence-corrected chi connectivity index (χ0v) is 14.5. The van der Waals surface area contributed by atoms with Crippen LogP contribution in [0.2, 0.25) is 0 Å². The highest BCUT2D eigenvalue weighted by Gasteiger charge is 2.18. The summed E-state index contributed by atoms with van der Waals surface area (Å²) in [6.07, 6.45) is 0. The second-order valence-corrected chi connectivity index (χ2v) is 8.21. The van der Waals surface area contributed by atoms with E-state index in [1.165, 1.54) is 24.3 Å². The molecule has 0 saturated carbocycles. The molecule has 10 heteroatoms. The molecule has 0 aromatic heterocycles. The highest BCUT2D eigenvalue weighted by molar-refractivity contribution is 7.91. The standard InChI is InChI=1S/C15H15NO7S2/c16-15(17)14-7-2-1-6-13(14)11-4-3-5-12(10-11)24(18,19)9-8-23-25(20,21)22/h1-7,10H,8-9H2,(H2,16,17)(H,20,21,22). The summed E-state index contributed by atoms with van der Waals surface area (Å²) in [5, 5.41) is 0. The zero-order valence-electron chi connectivity index (χ0n) is 12.8. The molecule has 3 N–H and O–H groups in total. The van der Waals surface area contributed by atoms with E-state index in [4.69, 9.17) is 10.3 Å². The predicted molar refractivity (Wildman–Crippen MR) is 89.9 cm³/mol. The Hall–Kier alpha value is -2.27. The van der Waals surface area contributed by atoms with Crippen molar-refractivity contribution in [3.8, 4) is 11.1 Å². The number of primary amides is 1. The number of carbonyl (C=O) groups is 1. The predicted octanol–water partition coefficient (Wildman–Crippen LogP) is 1.05. The van der Waals surface area contributed by atoms with Gasteiger partial charge in [0, 0.05) is 5.56 Å². The van der Waals surface area contributed by atoms with Crippen molar-refractivity contribution < 1.29 is 30.4 Å². The third-order valence-corrected chi connectivity index (χ3v) is 5.42. The third-order valence-electron chi connectivity index (χ3n) is 3.28. The van der Waals surface area contributed by atoms with Gasteiger partial charge in [-0.25, -0.2) is 12.6 Å². The molecule has 8 nitrogen and oxygen atoms in total. The minimum atomic E-state index is -4.71. The molecule has 134 valence electrons. The second kappa shape index (κ2) is 7.31. The molecule has 0 atom stereocenters. The van der Waals surface area contributed by atoms with Crippen LogP contribution in [0.4, 0.5) is 0 Å². The molecule has 2 rings (SSSR count). The number of carbonyl (C=O) groups excluding carboxylic acids is 1. The van der Waals surface area contributed by atoms with E-state index in [9.17, 15) is 21.6 Å². The first-order valence-corrected chi connectivity index (χ1v) is 9.96. The van der Waals surface area contributed by atoms with E-state index in [2.05, 4.69) is 4.18 Å². The Morgan fingerprint density at radius 2 is 1.72 bits per heavy atom. The van der Waals surface area contributed by atoms with Crippen LogP contribution in [0.25, 0.3) is 11.1 Å². The van der Waals surface area contributed by atoms with Gasteiger partial charge in [0.15, 0.2) is 9.84 Å². The number of benzene rings is 2. The van der Waals surface area contributed by atoms with Gasteiger partial charge in [-0.2, -0.15) is 8.42 Å². The summed E-state index contributed by atoms with van der Waals surface area (Å²) in [6, 6.07) is 12.3. The maximum absolute atomic E-state index is 12.3. The highest BCUT2D eigenvalue weighted by atomic mass is 32.3. The molecule has 0 saturated heterocycles. The molecule has 0 radical (unpaired) electrons. The lowest BCUT2D eigenvalue weighted by atomic mass is 9.99. The Labute approximate surface area is 145 Å². The van der Waals surface area contributed by atoms with E-state index in [0.29, 0.717) is 11.1 Å². The van der Waals surface area contributed by atoms with Gasteiger partial charge in [-0.15, -0.1) is 0 Å². The molecule has 0 aliphatic rings. The van der Waals surface area contributed by atoms with Gasteiger partial charge >= 0.3 is 10.4 Å². The van der Waals surface area contributed by atoms with Gasteiger partial charge in [-0.05, 0) is 29.3 Å². The molecular formula is C15H15NO7S2. The number of amides is 1. The molecular weight excluding hydrogens is 370 g/mol. The van der Waals surface area contributed by atoms with Crippen LogP contribution in [-0.4, -0.2) is 39.7 Å². The van der Waals surface area contributed by atoms with Gasteiger partial charge in [-0.1, -0.05) is 30.3 Å². The summed E-state index contributed by atoms with van der Waals surface area (Å²) < 4.78 is 58.0. The average Bonchev–Trinajstić information content (AvgIpc) is 2.53. The lowest BCUT2D eigenvalue weighted by Crippen LogP contribution is -2.15. The van der Waals surface area contributed by atoms with Crippen molar-refractivity contribution in [3.63, 3.8) is 0 Å². The smallest absolute Gasteiger partial charge is 0.366 e. The monoisotopic (exact) mass is 385 g/mol. The fraction of sp³-hybridized carbons (Fsp3) is 0.133. The molecule has 0 aliphatic heterocycles. The van der Waals surface area contributed by atoms with Crippen LogP contribution in [0, 0.1) is 0 Å². The first-order valence-electron chi connectivity index (χ1n) is 6.94. The maximum Gasteiger partial charge on any atom is 0.397 e. The van der Waals surface area contributed by atoms with Crippen LogP contribution < -0.4 is 5.73 Å². The molecule has 0 bridgehead atoms. The Balaban J connectivity index is 2.35. The van der Waals surface area contributed by atoms with Crippen molar-refractivity contribution in [3.05, 3.63) is 54.1 Å². The van der Waals surface area contributed by atoms with Crippen molar-refractivity contribution >= 4 is 26.1 Å². The van der Waals surface area contributed by atoms with E-state index in [0.717, 1.165) is 0 Å². The van der Waals surface area contributed by atoms with Gasteiger partial charge in [0.1, 0.15) is 0 Å². The molecule has 2 aromatic carbocycles. The van der Waals surface area contributed by atoms with Gasteiger partial charge < -0.3 is 5.73 Å². The minimum Gasteiger partial charge on any atom is -0.366 e.